The molecule has 5 rings (SSSR count). The van der Waals surface area contributed by atoms with Crippen LogP contribution in [-0.2, 0) is 10.0 Å². The summed E-state index contributed by atoms with van der Waals surface area (Å²) < 4.78 is 92.9. The first-order chi connectivity index (χ1) is 17.0. The number of halogens is 4. The molecular formula is C23H17F4N3O5S. The van der Waals surface area contributed by atoms with E-state index in [9.17, 15) is 30.8 Å². The molecule has 1 aliphatic carbocycles. The predicted molar refractivity (Wildman–Crippen MR) is 120 cm³/mol. The molecule has 188 valence electrons. The first-order valence-corrected chi connectivity index (χ1v) is 12.0. The molecule has 2 heterocycles. The minimum Gasteiger partial charge on any atom is -0.495 e. The van der Waals surface area contributed by atoms with Gasteiger partial charge in [0.05, 0.1) is 35.3 Å². The summed E-state index contributed by atoms with van der Waals surface area (Å²) in [5.41, 5.74) is -0.534. The van der Waals surface area contributed by atoms with E-state index in [1.807, 2.05) is 0 Å². The number of ether oxygens (including phenoxy) is 1. The van der Waals surface area contributed by atoms with Gasteiger partial charge in [0.2, 0.25) is 0 Å². The van der Waals surface area contributed by atoms with Gasteiger partial charge in [-0.3, -0.25) is 9.36 Å². The highest BCUT2D eigenvalue weighted by Gasteiger charge is 2.57. The molecule has 1 N–H and O–H groups in total. The predicted octanol–water partition coefficient (Wildman–Crippen LogP) is 4.59. The van der Waals surface area contributed by atoms with Gasteiger partial charge >= 0.3 is 12.2 Å². The van der Waals surface area contributed by atoms with Gasteiger partial charge in [-0.1, -0.05) is 0 Å². The van der Waals surface area contributed by atoms with Gasteiger partial charge in [-0.05, 0) is 48.2 Å². The molecule has 2 aromatic carbocycles. The zero-order chi connectivity index (χ0) is 25.8. The van der Waals surface area contributed by atoms with Gasteiger partial charge in [-0.2, -0.15) is 13.2 Å². The lowest BCUT2D eigenvalue weighted by Gasteiger charge is -2.16. The summed E-state index contributed by atoms with van der Waals surface area (Å²) in [6.45, 7) is 0. The summed E-state index contributed by atoms with van der Waals surface area (Å²) >= 11 is 0. The molecule has 0 amide bonds. The minimum absolute atomic E-state index is 0.00363. The molecule has 0 bridgehead atoms. The number of oxazole rings is 1. The van der Waals surface area contributed by atoms with E-state index in [2.05, 4.69) is 9.71 Å². The van der Waals surface area contributed by atoms with Crippen molar-refractivity contribution in [2.75, 3.05) is 11.8 Å². The van der Waals surface area contributed by atoms with Crippen LogP contribution in [0.3, 0.4) is 0 Å². The van der Waals surface area contributed by atoms with E-state index in [0.717, 1.165) is 16.7 Å². The first kappa shape index (κ1) is 23.9. The van der Waals surface area contributed by atoms with Crippen LogP contribution >= 0.6 is 0 Å². The number of nitrogens with one attached hydrogen (secondary N) is 1. The van der Waals surface area contributed by atoms with Crippen molar-refractivity contribution in [2.24, 2.45) is 5.92 Å². The van der Waals surface area contributed by atoms with Crippen LogP contribution in [0.4, 0.5) is 23.6 Å². The Labute approximate surface area is 201 Å². The standard InChI is InChI=1S/C23H17F4N3O5S/c1-34-20-10-15(14-9-16(14)23(25,26)27)17(24)11-19(20)30-18-4-3-13(8-12(18)2-5-21(30)31)36(32,33)29-22-28-6-7-35-22/h2-8,10-11,14,16H,9H2,1H3,(H,28,29)/t14?,16-/m1/s1. The maximum Gasteiger partial charge on any atom is 0.392 e. The van der Waals surface area contributed by atoms with E-state index >= 15 is 0 Å². The lowest BCUT2D eigenvalue weighted by Crippen LogP contribution is -2.19. The summed E-state index contributed by atoms with van der Waals surface area (Å²) in [5, 5.41) is 0.316. The van der Waals surface area contributed by atoms with E-state index < -0.39 is 39.4 Å². The Kier molecular flexibility index (Phi) is 5.54. The second kappa shape index (κ2) is 8.36. The quantitative estimate of drug-likeness (QED) is 0.371. The Bertz CT molecular complexity index is 1630. The highest BCUT2D eigenvalue weighted by atomic mass is 32.2. The van der Waals surface area contributed by atoms with Crippen molar-refractivity contribution in [2.45, 2.75) is 23.4 Å². The molecule has 1 fully saturated rings. The number of sulfonamides is 1. The lowest BCUT2D eigenvalue weighted by atomic mass is 10.1. The number of fused-ring (bicyclic) bond motifs is 1. The van der Waals surface area contributed by atoms with Gasteiger partial charge in [-0.15, -0.1) is 0 Å². The zero-order valence-corrected chi connectivity index (χ0v) is 19.2. The molecule has 2 aromatic heterocycles. The Balaban J connectivity index is 1.59. The van der Waals surface area contributed by atoms with E-state index in [0.29, 0.717) is 5.39 Å². The van der Waals surface area contributed by atoms with Crippen LogP contribution in [0.25, 0.3) is 16.6 Å². The van der Waals surface area contributed by atoms with Gasteiger partial charge in [0.25, 0.3) is 15.6 Å². The molecule has 0 aliphatic heterocycles. The van der Waals surface area contributed by atoms with Crippen molar-refractivity contribution in [1.29, 1.82) is 0 Å². The van der Waals surface area contributed by atoms with E-state index in [-0.39, 0.29) is 39.8 Å². The topological polar surface area (TPSA) is 103 Å². The highest BCUT2D eigenvalue weighted by molar-refractivity contribution is 7.92. The normalized spacial score (nSPS) is 17.8. The van der Waals surface area contributed by atoms with Gasteiger partial charge in [0.1, 0.15) is 17.8 Å². The number of benzene rings is 2. The number of anilines is 1. The molecule has 0 radical (unpaired) electrons. The van der Waals surface area contributed by atoms with Crippen LogP contribution in [0.1, 0.15) is 17.9 Å². The fourth-order valence-electron chi connectivity index (χ4n) is 4.17. The molecule has 1 unspecified atom stereocenters. The Morgan fingerprint density at radius 3 is 2.58 bits per heavy atom. The summed E-state index contributed by atoms with van der Waals surface area (Å²) in [5.74, 6) is -3.56. The van der Waals surface area contributed by atoms with Crippen molar-refractivity contribution in [3.8, 4) is 11.4 Å². The van der Waals surface area contributed by atoms with Crippen molar-refractivity contribution < 1.29 is 35.1 Å². The van der Waals surface area contributed by atoms with Crippen LogP contribution in [0.15, 0.2) is 69.0 Å². The summed E-state index contributed by atoms with van der Waals surface area (Å²) in [6.07, 6.45) is -2.20. The van der Waals surface area contributed by atoms with Crippen molar-refractivity contribution in [3.63, 3.8) is 0 Å². The van der Waals surface area contributed by atoms with Gasteiger partial charge in [-0.25, -0.2) is 22.5 Å². The number of hydrogen-bond acceptors (Lipinski definition) is 6. The average Bonchev–Trinajstić information content (AvgIpc) is 3.48. The number of rotatable bonds is 6. The van der Waals surface area contributed by atoms with Crippen molar-refractivity contribution in [1.82, 2.24) is 9.55 Å². The van der Waals surface area contributed by atoms with Crippen LogP contribution in [0.5, 0.6) is 5.75 Å². The van der Waals surface area contributed by atoms with Gasteiger partial charge in [0, 0.05) is 17.5 Å². The maximum atomic E-state index is 15.0. The number of hydrogen-bond donors (Lipinski definition) is 1. The smallest absolute Gasteiger partial charge is 0.392 e. The first-order valence-electron chi connectivity index (χ1n) is 10.5. The minimum atomic E-state index is -4.44. The summed E-state index contributed by atoms with van der Waals surface area (Å²) in [7, 11) is -2.82. The third-order valence-corrected chi connectivity index (χ3v) is 7.30. The molecule has 1 aliphatic rings. The van der Waals surface area contributed by atoms with Crippen LogP contribution in [0.2, 0.25) is 0 Å². The zero-order valence-electron chi connectivity index (χ0n) is 18.4. The number of alkyl halides is 3. The molecule has 0 saturated heterocycles. The second-order valence-corrected chi connectivity index (χ2v) is 9.89. The lowest BCUT2D eigenvalue weighted by molar-refractivity contribution is -0.148. The van der Waals surface area contributed by atoms with Gasteiger partial charge in [0.15, 0.2) is 0 Å². The second-order valence-electron chi connectivity index (χ2n) is 8.21. The van der Waals surface area contributed by atoms with Crippen molar-refractivity contribution >= 4 is 26.9 Å². The fourth-order valence-corrected chi connectivity index (χ4v) is 5.15. The Morgan fingerprint density at radius 2 is 1.94 bits per heavy atom. The molecule has 0 spiro atoms. The van der Waals surface area contributed by atoms with Crippen LogP contribution in [-0.4, -0.2) is 31.3 Å². The monoisotopic (exact) mass is 523 g/mol. The number of aromatic nitrogens is 2. The van der Waals surface area contributed by atoms with E-state index in [4.69, 9.17) is 9.15 Å². The third-order valence-electron chi connectivity index (χ3n) is 5.98. The third kappa shape index (κ3) is 4.19. The number of nitrogens with zero attached hydrogens (tertiary/aromatic N) is 2. The highest BCUT2D eigenvalue weighted by Crippen LogP contribution is 2.57. The molecule has 13 heteroatoms. The van der Waals surface area contributed by atoms with Gasteiger partial charge < -0.3 is 9.15 Å². The molecule has 2 atom stereocenters. The number of methoxy groups -OCH3 is 1. The Hall–Kier alpha value is -3.87. The molecule has 8 nitrogen and oxygen atoms in total. The molecule has 36 heavy (non-hydrogen) atoms. The molecule has 1 saturated carbocycles. The largest absolute Gasteiger partial charge is 0.495 e. The van der Waals surface area contributed by atoms with Crippen molar-refractivity contribution in [3.05, 3.63) is 76.7 Å². The average molecular weight is 523 g/mol. The van der Waals surface area contributed by atoms with Crippen LogP contribution < -0.4 is 15.0 Å². The molecular weight excluding hydrogens is 506 g/mol. The van der Waals surface area contributed by atoms with E-state index in [1.165, 1.54) is 49.9 Å². The summed E-state index contributed by atoms with van der Waals surface area (Å²) in [6, 6.07) is 8.34. The fraction of sp³-hybridized carbons (Fsp3) is 0.217. The Morgan fingerprint density at radius 1 is 1.17 bits per heavy atom. The number of pyridine rings is 1. The SMILES string of the molecule is COc1cc(C2C[C@H]2C(F)(F)F)c(F)cc1-n1c(=O)ccc2cc(S(=O)(=O)Nc3ncco3)ccc21. The maximum absolute atomic E-state index is 15.0. The molecule has 4 aromatic rings. The van der Waals surface area contributed by atoms with Crippen LogP contribution in [0, 0.1) is 11.7 Å². The summed E-state index contributed by atoms with van der Waals surface area (Å²) in [4.78, 5) is 16.4. The van der Waals surface area contributed by atoms with E-state index in [1.54, 1.807) is 0 Å².